The second kappa shape index (κ2) is 3.89. The van der Waals surface area contributed by atoms with Crippen LogP contribution >= 0.6 is 22.6 Å². The number of halogens is 7. The van der Waals surface area contributed by atoms with Gasteiger partial charge in [0.1, 0.15) is 0 Å². The van der Waals surface area contributed by atoms with Gasteiger partial charge in [-0.25, -0.2) is 4.74 Å². The maximum Gasteiger partial charge on any atom is 0.460 e. The largest absolute Gasteiger partial charge is 0.460 e. The predicted molar refractivity (Wildman–Crippen MR) is 41.5 cm³/mol. The molecule has 0 saturated carbocycles. The Morgan fingerprint density at radius 1 is 1.07 bits per heavy atom. The Bertz CT molecular complexity index is 333. The molecule has 0 bridgehead atoms. The van der Waals surface area contributed by atoms with Gasteiger partial charge in [0.25, 0.3) is 0 Å². The van der Waals surface area contributed by atoms with Crippen LogP contribution in [0.2, 0.25) is 0 Å². The first-order valence-corrected chi connectivity index (χ1v) is 5.22. The first-order valence-electron chi connectivity index (χ1n) is 2.70. The molecule has 12 heteroatoms. The van der Waals surface area contributed by atoms with Gasteiger partial charge in [0.15, 0.2) is 0 Å². The molecule has 0 aromatic rings. The summed E-state index contributed by atoms with van der Waals surface area (Å²) in [6, 6.07) is 0. The van der Waals surface area contributed by atoms with E-state index in [0.717, 1.165) is 0 Å². The average molecular weight is 374 g/mol. The Kier molecular flexibility index (Phi) is 3.93. The summed E-state index contributed by atoms with van der Waals surface area (Å²) in [5.41, 5.74) is 0. The van der Waals surface area contributed by atoms with E-state index in [1.165, 1.54) is 0 Å². The van der Waals surface area contributed by atoms with Gasteiger partial charge in [-0.1, -0.05) is 0 Å². The molecule has 1 N–H and O–H groups in total. The van der Waals surface area contributed by atoms with Gasteiger partial charge in [0, 0.05) is 22.6 Å². The minimum absolute atomic E-state index is 0.0753. The maximum atomic E-state index is 12.2. The quantitative estimate of drug-likeness (QED) is 0.354. The molecular formula is C3HF6IO4S. The zero-order valence-corrected chi connectivity index (χ0v) is 9.20. The van der Waals surface area contributed by atoms with Crippen molar-refractivity contribution in [3.8, 4) is 0 Å². The van der Waals surface area contributed by atoms with Crippen LogP contribution in [0.1, 0.15) is 0 Å². The average Bonchev–Trinajstić information content (AvgIpc) is 1.77. The van der Waals surface area contributed by atoms with E-state index in [4.69, 9.17) is 4.55 Å². The van der Waals surface area contributed by atoms with Crippen molar-refractivity contribution in [3.63, 3.8) is 0 Å². The van der Waals surface area contributed by atoms with Crippen LogP contribution in [-0.4, -0.2) is 28.4 Å². The molecule has 0 aromatic heterocycles. The van der Waals surface area contributed by atoms with Crippen molar-refractivity contribution >= 4 is 32.7 Å². The second-order valence-electron chi connectivity index (χ2n) is 2.06. The molecule has 0 saturated heterocycles. The molecule has 0 atom stereocenters. The second-order valence-corrected chi connectivity index (χ2v) is 4.78. The molecule has 15 heavy (non-hydrogen) atoms. The smallest absolute Gasteiger partial charge is 0.281 e. The van der Waals surface area contributed by atoms with Gasteiger partial charge in [-0.15, -0.1) is 0 Å². The fraction of sp³-hybridized carbons (Fsp3) is 1.00. The van der Waals surface area contributed by atoms with Crippen LogP contribution < -0.4 is 0 Å². The number of hydrogen-bond acceptors (Lipinski definition) is 3. The van der Waals surface area contributed by atoms with E-state index in [1.807, 2.05) is 0 Å². The highest BCUT2D eigenvalue weighted by Crippen LogP contribution is 2.43. The van der Waals surface area contributed by atoms with Crippen molar-refractivity contribution in [2.75, 3.05) is 0 Å². The number of alkyl halides is 7. The Morgan fingerprint density at radius 2 is 1.40 bits per heavy atom. The van der Waals surface area contributed by atoms with Crippen LogP contribution in [0.25, 0.3) is 0 Å². The zero-order valence-electron chi connectivity index (χ0n) is 6.23. The number of ether oxygens (including phenoxy) is 1. The molecule has 0 aliphatic carbocycles. The highest BCUT2D eigenvalue weighted by molar-refractivity contribution is 14.1. The summed E-state index contributed by atoms with van der Waals surface area (Å²) in [6.45, 7) is 0. The molecule has 92 valence electrons. The SMILES string of the molecule is O=S(=O)(O)C(F)(F)C(F)(F)OC(F)(F)I. The van der Waals surface area contributed by atoms with Gasteiger partial charge in [0.05, 0.1) is 0 Å². The Balaban J connectivity index is 5.21. The van der Waals surface area contributed by atoms with E-state index in [-0.39, 0.29) is 22.6 Å². The minimum atomic E-state index is -6.58. The fourth-order valence-electron chi connectivity index (χ4n) is 0.355. The normalized spacial score (nSPS) is 15.5. The van der Waals surface area contributed by atoms with Gasteiger partial charge in [-0.05, 0) is 0 Å². The van der Waals surface area contributed by atoms with Gasteiger partial charge >= 0.3 is 25.6 Å². The standard InChI is InChI=1S/C3HF6IO4S/c4-1(5,14-3(8,9)10)2(6,7)15(11,12)13/h(H,11,12,13). The van der Waals surface area contributed by atoms with Crippen LogP contribution in [0, 0.1) is 0 Å². The summed E-state index contributed by atoms with van der Waals surface area (Å²) >= 11 is -0.0753. The monoisotopic (exact) mass is 374 g/mol. The third-order valence-electron chi connectivity index (χ3n) is 0.907. The summed E-state index contributed by atoms with van der Waals surface area (Å²) in [7, 11) is -6.58. The summed E-state index contributed by atoms with van der Waals surface area (Å²) in [5.74, 6) is 0. The van der Waals surface area contributed by atoms with Crippen molar-refractivity contribution in [3.05, 3.63) is 0 Å². The van der Waals surface area contributed by atoms with E-state index < -0.39 is 25.6 Å². The van der Waals surface area contributed by atoms with Crippen molar-refractivity contribution in [2.24, 2.45) is 0 Å². The summed E-state index contributed by atoms with van der Waals surface area (Å²) < 4.78 is 97.2. The van der Waals surface area contributed by atoms with Crippen molar-refractivity contribution in [1.82, 2.24) is 0 Å². The third kappa shape index (κ3) is 3.60. The molecule has 0 unspecified atom stereocenters. The van der Waals surface area contributed by atoms with E-state index in [9.17, 15) is 34.8 Å². The molecular weight excluding hydrogens is 373 g/mol. The molecule has 0 rings (SSSR count). The highest BCUT2D eigenvalue weighted by Gasteiger charge is 2.70. The van der Waals surface area contributed by atoms with Crippen molar-refractivity contribution in [1.29, 1.82) is 0 Å². The molecule has 0 spiro atoms. The van der Waals surface area contributed by atoms with Crippen molar-refractivity contribution < 1.29 is 44.0 Å². The van der Waals surface area contributed by atoms with E-state index in [0.29, 0.717) is 0 Å². The fourth-order valence-corrected chi connectivity index (χ4v) is 0.973. The number of hydrogen-bond donors (Lipinski definition) is 1. The van der Waals surface area contributed by atoms with Gasteiger partial charge in [-0.2, -0.15) is 34.8 Å². The molecule has 0 radical (unpaired) electrons. The van der Waals surface area contributed by atoms with Crippen LogP contribution in [0.5, 0.6) is 0 Å². The predicted octanol–water partition coefficient (Wildman–Crippen LogP) is 2.06. The van der Waals surface area contributed by atoms with E-state index in [2.05, 4.69) is 4.74 Å². The third-order valence-corrected chi connectivity index (χ3v) is 2.01. The topological polar surface area (TPSA) is 63.6 Å². The van der Waals surface area contributed by atoms with Crippen LogP contribution in [-0.2, 0) is 14.9 Å². The first kappa shape index (κ1) is 15.2. The molecule has 0 heterocycles. The van der Waals surface area contributed by atoms with Crippen LogP contribution in [0.15, 0.2) is 0 Å². The summed E-state index contributed by atoms with van der Waals surface area (Å²) in [6.07, 6.45) is -6.06. The van der Waals surface area contributed by atoms with Gasteiger partial charge < -0.3 is 0 Å². The molecule has 0 fully saturated rings. The summed E-state index contributed by atoms with van der Waals surface area (Å²) in [5, 5.41) is -6.17. The highest BCUT2D eigenvalue weighted by atomic mass is 127. The van der Waals surface area contributed by atoms with Crippen LogP contribution in [0.4, 0.5) is 26.3 Å². The summed E-state index contributed by atoms with van der Waals surface area (Å²) in [4.78, 5) is 0. The van der Waals surface area contributed by atoms with Crippen LogP contribution in [0.3, 0.4) is 0 Å². The Morgan fingerprint density at radius 3 is 1.60 bits per heavy atom. The lowest BCUT2D eigenvalue weighted by molar-refractivity contribution is -0.378. The molecule has 0 aliphatic rings. The maximum absolute atomic E-state index is 12.2. The Hall–Kier alpha value is 0.180. The van der Waals surface area contributed by atoms with Gasteiger partial charge in [0.2, 0.25) is 0 Å². The van der Waals surface area contributed by atoms with Gasteiger partial charge in [-0.3, -0.25) is 4.55 Å². The van der Waals surface area contributed by atoms with E-state index in [1.54, 1.807) is 0 Å². The van der Waals surface area contributed by atoms with E-state index >= 15 is 0 Å². The lowest BCUT2D eigenvalue weighted by Crippen LogP contribution is -2.50. The lowest BCUT2D eigenvalue weighted by atomic mass is 10.6. The number of rotatable bonds is 4. The minimum Gasteiger partial charge on any atom is -0.281 e. The molecule has 0 amide bonds. The van der Waals surface area contributed by atoms with Crippen molar-refractivity contribution in [2.45, 2.75) is 15.5 Å². The molecule has 4 nitrogen and oxygen atoms in total. The Labute approximate surface area is 92.5 Å². The first-order chi connectivity index (χ1) is 6.21. The molecule has 0 aromatic carbocycles. The molecule has 0 aliphatic heterocycles. The lowest BCUT2D eigenvalue weighted by Gasteiger charge is -2.24. The zero-order chi connectivity index (χ0) is 12.7.